The first-order valence-corrected chi connectivity index (χ1v) is 13.2. The van der Waals surface area contributed by atoms with Gasteiger partial charge < -0.3 is 4.90 Å². The van der Waals surface area contributed by atoms with E-state index in [9.17, 15) is 18.8 Å². The molecule has 0 bridgehead atoms. The third kappa shape index (κ3) is 3.14. The van der Waals surface area contributed by atoms with Crippen molar-refractivity contribution in [3.05, 3.63) is 142 Å². The molecule has 0 unspecified atom stereocenters. The van der Waals surface area contributed by atoms with Gasteiger partial charge in [-0.1, -0.05) is 78.4 Å². The average molecular weight is 552 g/mol. The molecule has 196 valence electrons. The van der Waals surface area contributed by atoms with Gasteiger partial charge in [-0.15, -0.1) is 0 Å². The van der Waals surface area contributed by atoms with Gasteiger partial charge in [0.25, 0.3) is 0 Å². The highest BCUT2D eigenvalue weighted by atomic mass is 35.5. The van der Waals surface area contributed by atoms with Crippen LogP contribution in [0.15, 0.2) is 97.1 Å². The molecule has 1 fully saturated rings. The van der Waals surface area contributed by atoms with E-state index in [4.69, 9.17) is 11.6 Å². The molecule has 1 spiro atoms. The number of fused-ring (bicyclic) bond motifs is 5. The van der Waals surface area contributed by atoms with Gasteiger partial charge >= 0.3 is 0 Å². The lowest BCUT2D eigenvalue weighted by Gasteiger charge is -2.37. The number of ketones is 3. The van der Waals surface area contributed by atoms with Crippen molar-refractivity contribution in [1.29, 1.82) is 0 Å². The number of rotatable bonds is 3. The van der Waals surface area contributed by atoms with Crippen LogP contribution in [0.3, 0.4) is 0 Å². The molecule has 2 heterocycles. The van der Waals surface area contributed by atoms with E-state index in [0.717, 1.165) is 0 Å². The number of Topliss-reactive ketones (excluding diaryl/α,β-unsaturated/α-hetero) is 3. The van der Waals surface area contributed by atoms with E-state index in [0.29, 0.717) is 11.3 Å². The minimum atomic E-state index is -1.85. The predicted octanol–water partition coefficient (Wildman–Crippen LogP) is 6.93. The fraction of sp³-hybridized carbons (Fsp3) is 0.121. The van der Waals surface area contributed by atoms with Gasteiger partial charge in [0.05, 0.1) is 11.1 Å². The Hall–Kier alpha value is -4.42. The summed E-state index contributed by atoms with van der Waals surface area (Å²) in [6.07, 6.45) is 3.32. The molecule has 1 aliphatic carbocycles. The zero-order valence-corrected chi connectivity index (χ0v) is 21.6. The highest BCUT2D eigenvalue weighted by Crippen LogP contribution is 2.61. The Labute approximate surface area is 233 Å². The third-order valence-electron chi connectivity index (χ3n) is 8.41. The van der Waals surface area contributed by atoms with Crippen LogP contribution in [-0.4, -0.2) is 29.4 Å². The van der Waals surface area contributed by atoms with E-state index in [1.54, 1.807) is 71.6 Å². The number of nitrogens with zero attached hydrogens (tertiary/aromatic N) is 1. The number of anilines is 1. The van der Waals surface area contributed by atoms with E-state index >= 15 is 4.39 Å². The smallest absolute Gasteiger partial charge is 0.187 e. The standard InChI is InChI=1S/C33H20ClF2NO3/c34-24-11-5-3-9-22(24)30(38)29-28(23-10-4-6-12-25(23)36)33(31(39)20-7-1-2-8-21(20)32(33)40)27-16-13-18-17-19(35)14-15-26(18)37(27)29/h1-17,27-29H/t27-,28+,29-/m1/s1. The molecule has 0 radical (unpaired) electrons. The molecule has 4 nitrogen and oxygen atoms in total. The summed E-state index contributed by atoms with van der Waals surface area (Å²) in [4.78, 5) is 45.3. The molecular weight excluding hydrogens is 532 g/mol. The summed E-state index contributed by atoms with van der Waals surface area (Å²) in [7, 11) is 0. The molecule has 40 heavy (non-hydrogen) atoms. The Morgan fingerprint density at radius 2 is 1.48 bits per heavy atom. The Morgan fingerprint density at radius 3 is 2.17 bits per heavy atom. The van der Waals surface area contributed by atoms with Gasteiger partial charge in [-0.3, -0.25) is 14.4 Å². The molecule has 1 saturated heterocycles. The molecule has 0 amide bonds. The fourth-order valence-electron chi connectivity index (χ4n) is 6.84. The Kier molecular flexibility index (Phi) is 5.41. The number of carbonyl (C=O) groups excluding carboxylic acids is 3. The third-order valence-corrected chi connectivity index (χ3v) is 8.74. The first kappa shape index (κ1) is 24.6. The van der Waals surface area contributed by atoms with Crippen molar-refractivity contribution < 1.29 is 23.2 Å². The predicted molar refractivity (Wildman–Crippen MR) is 148 cm³/mol. The molecule has 4 aromatic rings. The van der Waals surface area contributed by atoms with Crippen molar-refractivity contribution in [2.24, 2.45) is 5.41 Å². The van der Waals surface area contributed by atoms with Crippen molar-refractivity contribution in [2.45, 2.75) is 18.0 Å². The van der Waals surface area contributed by atoms with E-state index in [1.165, 1.54) is 36.4 Å². The number of halogens is 3. The summed E-state index contributed by atoms with van der Waals surface area (Å²) >= 11 is 6.49. The molecule has 0 aromatic heterocycles. The van der Waals surface area contributed by atoms with Crippen LogP contribution in [0.5, 0.6) is 0 Å². The van der Waals surface area contributed by atoms with Crippen molar-refractivity contribution in [1.82, 2.24) is 0 Å². The SMILES string of the molecule is O=C(c1ccccc1Cl)[C@H]1[C@H](c2ccccc2F)C2(C(=O)c3ccccc3C2=O)[C@H]2C=Cc3cc(F)ccc3N12. The van der Waals surface area contributed by atoms with Gasteiger partial charge in [0.2, 0.25) is 0 Å². The lowest BCUT2D eigenvalue weighted by atomic mass is 9.64. The summed E-state index contributed by atoms with van der Waals surface area (Å²) in [6.45, 7) is 0. The average Bonchev–Trinajstić information content (AvgIpc) is 3.39. The van der Waals surface area contributed by atoms with Crippen molar-refractivity contribution >= 4 is 40.7 Å². The molecule has 4 aromatic carbocycles. The van der Waals surface area contributed by atoms with Gasteiger partial charge in [-0.2, -0.15) is 0 Å². The molecule has 7 rings (SSSR count). The minimum Gasteiger partial charge on any atom is -0.352 e. The monoisotopic (exact) mass is 551 g/mol. The zero-order chi connectivity index (χ0) is 27.8. The Bertz CT molecular complexity index is 1760. The van der Waals surface area contributed by atoms with E-state index < -0.39 is 52.4 Å². The highest BCUT2D eigenvalue weighted by molar-refractivity contribution is 6.35. The second-order valence-corrected chi connectivity index (χ2v) is 10.7. The molecule has 0 N–H and O–H groups in total. The second-order valence-electron chi connectivity index (χ2n) is 10.3. The molecular formula is C33H20ClF2NO3. The summed E-state index contributed by atoms with van der Waals surface area (Å²) in [5.41, 5.74) is -0.178. The quantitative estimate of drug-likeness (QED) is 0.204. The maximum Gasteiger partial charge on any atom is 0.187 e. The highest BCUT2D eigenvalue weighted by Gasteiger charge is 2.72. The first-order valence-electron chi connectivity index (χ1n) is 12.8. The number of hydrogen-bond acceptors (Lipinski definition) is 4. The van der Waals surface area contributed by atoms with Crippen LogP contribution in [0.1, 0.15) is 48.1 Å². The topological polar surface area (TPSA) is 54.5 Å². The van der Waals surface area contributed by atoms with Crippen LogP contribution in [0.4, 0.5) is 14.5 Å². The largest absolute Gasteiger partial charge is 0.352 e. The minimum absolute atomic E-state index is 0.0777. The lowest BCUT2D eigenvalue weighted by molar-refractivity contribution is 0.0664. The lowest BCUT2D eigenvalue weighted by Crippen LogP contribution is -2.48. The van der Waals surface area contributed by atoms with E-state index in [1.807, 2.05) is 0 Å². The van der Waals surface area contributed by atoms with E-state index in [2.05, 4.69) is 0 Å². The van der Waals surface area contributed by atoms with Crippen LogP contribution in [0.2, 0.25) is 5.02 Å². The normalized spacial score (nSPS) is 21.9. The summed E-state index contributed by atoms with van der Waals surface area (Å²) in [6, 6.07) is 20.9. The number of hydrogen-bond donors (Lipinski definition) is 0. The van der Waals surface area contributed by atoms with Crippen molar-refractivity contribution in [3.8, 4) is 0 Å². The summed E-state index contributed by atoms with van der Waals surface area (Å²) in [5, 5.41) is 0.191. The molecule has 2 aliphatic heterocycles. The van der Waals surface area contributed by atoms with Crippen LogP contribution in [-0.2, 0) is 0 Å². The molecule has 0 saturated carbocycles. The fourth-order valence-corrected chi connectivity index (χ4v) is 7.07. The number of benzene rings is 4. The first-order chi connectivity index (χ1) is 19.4. The summed E-state index contributed by atoms with van der Waals surface area (Å²) in [5.74, 6) is -3.74. The summed E-state index contributed by atoms with van der Waals surface area (Å²) < 4.78 is 30.1. The van der Waals surface area contributed by atoms with Crippen LogP contribution >= 0.6 is 11.6 Å². The van der Waals surface area contributed by atoms with Crippen LogP contribution in [0.25, 0.3) is 6.08 Å². The van der Waals surface area contributed by atoms with Gasteiger partial charge in [0.15, 0.2) is 17.3 Å². The molecule has 7 heteroatoms. The van der Waals surface area contributed by atoms with E-state index in [-0.39, 0.29) is 27.3 Å². The Morgan fingerprint density at radius 1 is 0.825 bits per heavy atom. The zero-order valence-electron chi connectivity index (χ0n) is 20.9. The second kappa shape index (κ2) is 8.80. The molecule has 3 atom stereocenters. The Balaban J connectivity index is 1.58. The van der Waals surface area contributed by atoms with Gasteiger partial charge in [-0.05, 0) is 42.0 Å². The number of carbonyl (C=O) groups is 3. The van der Waals surface area contributed by atoms with Crippen LogP contribution < -0.4 is 4.90 Å². The maximum absolute atomic E-state index is 15.8. The van der Waals surface area contributed by atoms with Crippen molar-refractivity contribution in [2.75, 3.05) is 4.90 Å². The molecule has 3 aliphatic rings. The van der Waals surface area contributed by atoms with Crippen molar-refractivity contribution in [3.63, 3.8) is 0 Å². The van der Waals surface area contributed by atoms with Gasteiger partial charge in [0.1, 0.15) is 23.1 Å². The van der Waals surface area contributed by atoms with Gasteiger partial charge in [-0.25, -0.2) is 8.78 Å². The van der Waals surface area contributed by atoms with Crippen LogP contribution in [0, 0.1) is 17.0 Å². The maximum atomic E-state index is 15.8. The van der Waals surface area contributed by atoms with Gasteiger partial charge in [0, 0.05) is 33.9 Å².